The fourth-order valence-corrected chi connectivity index (χ4v) is 5.89. The molecule has 0 saturated carbocycles. The smallest absolute Gasteiger partial charge is 0.306 e. The largest absolute Gasteiger partial charge is 0.481 e. The van der Waals surface area contributed by atoms with E-state index < -0.39 is 5.97 Å². The van der Waals surface area contributed by atoms with Crippen molar-refractivity contribution in [2.45, 2.75) is 225 Å². The Morgan fingerprint density at radius 2 is 0.837 bits per heavy atom. The quantitative estimate of drug-likeness (QED) is 0.0443. The van der Waals surface area contributed by atoms with E-state index in [9.17, 15) is 9.59 Å². The lowest BCUT2D eigenvalue weighted by atomic mass is 10.0. The maximum Gasteiger partial charge on any atom is 0.306 e. The van der Waals surface area contributed by atoms with Crippen molar-refractivity contribution in [3.63, 3.8) is 0 Å². The maximum atomic E-state index is 12.6. The van der Waals surface area contributed by atoms with Crippen LogP contribution >= 0.6 is 0 Å². The van der Waals surface area contributed by atoms with Crippen LogP contribution in [0.4, 0.5) is 0 Å². The highest BCUT2D eigenvalue weighted by Crippen LogP contribution is 2.18. The molecule has 0 rings (SSSR count). The average molecular weight is 607 g/mol. The monoisotopic (exact) mass is 607 g/mol. The van der Waals surface area contributed by atoms with Crippen LogP contribution in [0.25, 0.3) is 0 Å². The molecule has 0 aliphatic carbocycles. The number of carbonyl (C=O) groups excluding carboxylic acids is 1. The lowest BCUT2D eigenvalue weighted by Crippen LogP contribution is -2.18. The summed E-state index contributed by atoms with van der Waals surface area (Å²) in [5.41, 5.74) is 0. The molecule has 1 N–H and O–H groups in total. The van der Waals surface area contributed by atoms with E-state index in [-0.39, 0.29) is 18.5 Å². The predicted octanol–water partition coefficient (Wildman–Crippen LogP) is 13.1. The van der Waals surface area contributed by atoms with Gasteiger partial charge in [-0.1, -0.05) is 154 Å². The van der Waals surface area contributed by atoms with Crippen LogP contribution in [0.3, 0.4) is 0 Å². The zero-order chi connectivity index (χ0) is 31.5. The van der Waals surface area contributed by atoms with Crippen molar-refractivity contribution in [1.82, 2.24) is 0 Å². The summed E-state index contributed by atoms with van der Waals surface area (Å²) in [4.78, 5) is 23.3. The summed E-state index contributed by atoms with van der Waals surface area (Å²) in [5.74, 6) is -0.705. The van der Waals surface area contributed by atoms with Gasteiger partial charge in [-0.2, -0.15) is 0 Å². The van der Waals surface area contributed by atoms with Crippen LogP contribution in [0.1, 0.15) is 219 Å². The number of hydrogen-bond acceptors (Lipinski definition) is 3. The highest BCUT2D eigenvalue weighted by Gasteiger charge is 2.14. The summed E-state index contributed by atoms with van der Waals surface area (Å²) in [6.07, 6.45) is 42.3. The second-order valence-corrected chi connectivity index (χ2v) is 13.1. The van der Waals surface area contributed by atoms with Gasteiger partial charge in [0.05, 0.1) is 0 Å². The van der Waals surface area contributed by atoms with Crippen LogP contribution in [0.15, 0.2) is 12.2 Å². The zero-order valence-corrected chi connectivity index (χ0v) is 29.0. The highest BCUT2D eigenvalue weighted by atomic mass is 16.5. The van der Waals surface area contributed by atoms with Crippen LogP contribution in [0, 0.1) is 0 Å². The second kappa shape index (κ2) is 35.2. The molecule has 0 aromatic carbocycles. The van der Waals surface area contributed by atoms with Gasteiger partial charge in [0.2, 0.25) is 0 Å². The van der Waals surface area contributed by atoms with Crippen molar-refractivity contribution < 1.29 is 19.4 Å². The summed E-state index contributed by atoms with van der Waals surface area (Å²) in [5, 5.41) is 8.80. The molecule has 0 amide bonds. The molecule has 0 fully saturated rings. The Morgan fingerprint density at radius 3 is 1.28 bits per heavy atom. The normalized spacial score (nSPS) is 12.2. The number of esters is 1. The summed E-state index contributed by atoms with van der Waals surface area (Å²) in [6.45, 7) is 4.54. The van der Waals surface area contributed by atoms with Crippen molar-refractivity contribution in [3.8, 4) is 0 Å². The number of carbonyl (C=O) groups is 2. The minimum atomic E-state index is -0.701. The number of aliphatic carboxylic acids is 1. The second-order valence-electron chi connectivity index (χ2n) is 13.1. The SMILES string of the molecule is CCCCCCCCCC/C=C\CCCCCC(CCCCCCCC(=O)O)OC(=O)CCCCCCCCCCCC. The molecule has 0 radical (unpaired) electrons. The third kappa shape index (κ3) is 35.0. The van der Waals surface area contributed by atoms with Crippen LogP contribution in [-0.2, 0) is 14.3 Å². The number of carboxylic acids is 1. The van der Waals surface area contributed by atoms with Crippen molar-refractivity contribution in [3.05, 3.63) is 12.2 Å². The molecule has 254 valence electrons. The Morgan fingerprint density at radius 1 is 0.488 bits per heavy atom. The Kier molecular flexibility index (Phi) is 34.1. The molecule has 4 heteroatoms. The van der Waals surface area contributed by atoms with Gasteiger partial charge in [-0.3, -0.25) is 9.59 Å². The summed E-state index contributed by atoms with van der Waals surface area (Å²) in [7, 11) is 0. The Labute approximate surface area is 268 Å². The summed E-state index contributed by atoms with van der Waals surface area (Å²) >= 11 is 0. The van der Waals surface area contributed by atoms with E-state index in [1.54, 1.807) is 0 Å². The number of carboxylic acid groups (broad SMARTS) is 1. The number of unbranched alkanes of at least 4 members (excludes halogenated alkanes) is 24. The third-order valence-corrected chi connectivity index (χ3v) is 8.74. The lowest BCUT2D eigenvalue weighted by Gasteiger charge is -2.18. The lowest BCUT2D eigenvalue weighted by molar-refractivity contribution is -0.150. The number of hydrogen-bond donors (Lipinski definition) is 1. The first-order valence-electron chi connectivity index (χ1n) is 19.2. The molecule has 0 aromatic heterocycles. The molecule has 0 aromatic rings. The Bertz CT molecular complexity index is 614. The first-order chi connectivity index (χ1) is 21.1. The molecule has 0 aliphatic rings. The Hall–Kier alpha value is -1.32. The van der Waals surface area contributed by atoms with E-state index in [1.807, 2.05) is 0 Å². The maximum absolute atomic E-state index is 12.6. The highest BCUT2D eigenvalue weighted by molar-refractivity contribution is 5.69. The minimum Gasteiger partial charge on any atom is -0.481 e. The minimum absolute atomic E-state index is 0.00471. The molecule has 0 bridgehead atoms. The summed E-state index contributed by atoms with van der Waals surface area (Å²) < 4.78 is 5.98. The van der Waals surface area contributed by atoms with Gasteiger partial charge in [0, 0.05) is 12.8 Å². The molecule has 1 atom stereocenters. The van der Waals surface area contributed by atoms with Gasteiger partial charge in [-0.25, -0.2) is 0 Å². The number of allylic oxidation sites excluding steroid dienone is 2. The fourth-order valence-electron chi connectivity index (χ4n) is 5.89. The number of ether oxygens (including phenoxy) is 1. The van der Waals surface area contributed by atoms with Gasteiger partial charge in [0.15, 0.2) is 0 Å². The molecule has 43 heavy (non-hydrogen) atoms. The average Bonchev–Trinajstić information content (AvgIpc) is 2.99. The van der Waals surface area contributed by atoms with Gasteiger partial charge in [0.1, 0.15) is 6.10 Å². The first-order valence-corrected chi connectivity index (χ1v) is 19.2. The van der Waals surface area contributed by atoms with Gasteiger partial charge in [0.25, 0.3) is 0 Å². The van der Waals surface area contributed by atoms with Crippen LogP contribution in [0.5, 0.6) is 0 Å². The first kappa shape index (κ1) is 41.7. The molecule has 1 unspecified atom stereocenters. The fraction of sp³-hybridized carbons (Fsp3) is 0.897. The van der Waals surface area contributed by atoms with Crippen molar-refractivity contribution in [2.75, 3.05) is 0 Å². The van der Waals surface area contributed by atoms with Crippen LogP contribution in [-0.4, -0.2) is 23.1 Å². The van der Waals surface area contributed by atoms with E-state index in [4.69, 9.17) is 9.84 Å². The van der Waals surface area contributed by atoms with Crippen LogP contribution < -0.4 is 0 Å². The zero-order valence-electron chi connectivity index (χ0n) is 29.0. The molecule has 0 saturated heterocycles. The van der Waals surface area contributed by atoms with Crippen molar-refractivity contribution in [2.24, 2.45) is 0 Å². The molecule has 4 nitrogen and oxygen atoms in total. The van der Waals surface area contributed by atoms with Crippen molar-refractivity contribution >= 4 is 11.9 Å². The molecular weight excluding hydrogens is 532 g/mol. The third-order valence-electron chi connectivity index (χ3n) is 8.74. The van der Waals surface area contributed by atoms with Gasteiger partial charge in [-0.15, -0.1) is 0 Å². The molecule has 0 spiro atoms. The van der Waals surface area contributed by atoms with Crippen molar-refractivity contribution in [1.29, 1.82) is 0 Å². The van der Waals surface area contributed by atoms with E-state index in [0.717, 1.165) is 70.6 Å². The van der Waals surface area contributed by atoms with Gasteiger partial charge < -0.3 is 9.84 Å². The standard InChI is InChI=1S/C39H74O4/c1-3-5-7-9-11-13-15-16-17-18-19-20-22-25-29-33-37(34-30-26-24-27-31-35-38(40)41)43-39(42)36-32-28-23-21-14-12-10-8-6-4-2/h18-19,37H,3-17,20-36H2,1-2H3,(H,40,41)/b19-18-. The van der Waals surface area contributed by atoms with E-state index in [1.165, 1.54) is 122 Å². The number of rotatable bonds is 35. The topological polar surface area (TPSA) is 63.6 Å². The van der Waals surface area contributed by atoms with Gasteiger partial charge in [-0.05, 0) is 64.2 Å². The predicted molar refractivity (Wildman–Crippen MR) is 186 cm³/mol. The molecule has 0 aliphatic heterocycles. The van der Waals surface area contributed by atoms with E-state index >= 15 is 0 Å². The Balaban J connectivity index is 4.06. The van der Waals surface area contributed by atoms with Gasteiger partial charge >= 0.3 is 11.9 Å². The molecule has 0 heterocycles. The van der Waals surface area contributed by atoms with E-state index in [0.29, 0.717) is 6.42 Å². The summed E-state index contributed by atoms with van der Waals surface area (Å²) in [6, 6.07) is 0. The van der Waals surface area contributed by atoms with Crippen LogP contribution in [0.2, 0.25) is 0 Å². The molecular formula is C39H74O4. The van der Waals surface area contributed by atoms with E-state index in [2.05, 4.69) is 26.0 Å².